The molecule has 0 radical (unpaired) electrons. The lowest BCUT2D eigenvalue weighted by molar-refractivity contribution is 0.439. The van der Waals surface area contributed by atoms with Gasteiger partial charge in [-0.25, -0.2) is 4.39 Å². The van der Waals surface area contributed by atoms with Crippen LogP contribution in [0.5, 0.6) is 11.5 Å². The summed E-state index contributed by atoms with van der Waals surface area (Å²) >= 11 is 0. The summed E-state index contributed by atoms with van der Waals surface area (Å²) in [7, 11) is 0. The summed E-state index contributed by atoms with van der Waals surface area (Å²) in [5.41, 5.74) is 0.651. The van der Waals surface area contributed by atoms with Crippen LogP contribution in [-0.4, -0.2) is 20.2 Å². The number of benzene rings is 2. The van der Waals surface area contributed by atoms with Gasteiger partial charge in [0.05, 0.1) is 0 Å². The molecule has 3 rings (SSSR count). The Hall–Kier alpha value is -2.76. The molecule has 0 aliphatic heterocycles. The fourth-order valence-corrected chi connectivity index (χ4v) is 1.82. The van der Waals surface area contributed by atoms with Crippen LogP contribution in [0.15, 0.2) is 48.5 Å². The zero-order chi connectivity index (χ0) is 13.9. The van der Waals surface area contributed by atoms with Gasteiger partial charge in [0.15, 0.2) is 23.1 Å². The molecule has 0 fully saturated rings. The summed E-state index contributed by atoms with van der Waals surface area (Å²) in [6.45, 7) is 1.78. The molecule has 2 aromatic carbocycles. The van der Waals surface area contributed by atoms with E-state index in [2.05, 4.69) is 15.5 Å². The molecule has 0 aliphatic rings. The Kier molecular flexibility index (Phi) is 3.12. The Morgan fingerprint density at radius 3 is 2.40 bits per heavy atom. The molecule has 5 nitrogen and oxygen atoms in total. The zero-order valence-electron chi connectivity index (χ0n) is 10.7. The van der Waals surface area contributed by atoms with E-state index in [1.54, 1.807) is 43.3 Å². The molecule has 0 atom stereocenters. The first-order valence-electron chi connectivity index (χ1n) is 6.02. The smallest absolute Gasteiger partial charge is 0.165 e. The summed E-state index contributed by atoms with van der Waals surface area (Å²) in [5.74, 6) is 0.837. The van der Waals surface area contributed by atoms with Gasteiger partial charge in [-0.3, -0.25) is 0 Å². The zero-order valence-corrected chi connectivity index (χ0v) is 10.7. The van der Waals surface area contributed by atoms with Crippen molar-refractivity contribution in [2.24, 2.45) is 0 Å². The van der Waals surface area contributed by atoms with Crippen molar-refractivity contribution < 1.29 is 9.13 Å². The highest BCUT2D eigenvalue weighted by Gasteiger charge is 2.12. The van der Waals surface area contributed by atoms with E-state index in [0.29, 0.717) is 17.3 Å². The second-order valence-electron chi connectivity index (χ2n) is 4.14. The minimum Gasteiger partial charge on any atom is -0.452 e. The third-order valence-corrected chi connectivity index (χ3v) is 2.78. The van der Waals surface area contributed by atoms with Crippen molar-refractivity contribution >= 4 is 0 Å². The highest BCUT2D eigenvalue weighted by molar-refractivity contribution is 5.48. The molecule has 0 amide bonds. The number of hydrogen-bond acceptors (Lipinski definition) is 4. The second-order valence-corrected chi connectivity index (χ2v) is 4.14. The fraction of sp³-hybridized carbons (Fsp3) is 0.0714. The third kappa shape index (κ3) is 2.23. The largest absolute Gasteiger partial charge is 0.452 e. The van der Waals surface area contributed by atoms with Crippen molar-refractivity contribution in [1.29, 1.82) is 0 Å². The van der Waals surface area contributed by atoms with Crippen LogP contribution in [0.25, 0.3) is 5.69 Å². The van der Waals surface area contributed by atoms with E-state index < -0.39 is 5.82 Å². The molecular formula is C14H11FN4O. The van der Waals surface area contributed by atoms with Crippen LogP contribution < -0.4 is 4.74 Å². The molecule has 0 saturated heterocycles. The van der Waals surface area contributed by atoms with Crippen LogP contribution >= 0.6 is 0 Å². The molecule has 100 valence electrons. The third-order valence-electron chi connectivity index (χ3n) is 2.78. The first-order valence-corrected chi connectivity index (χ1v) is 6.02. The van der Waals surface area contributed by atoms with Gasteiger partial charge in [-0.15, -0.1) is 5.10 Å². The number of aromatic nitrogens is 4. The van der Waals surface area contributed by atoms with Crippen LogP contribution in [0.1, 0.15) is 5.82 Å². The van der Waals surface area contributed by atoms with E-state index >= 15 is 0 Å². The molecule has 0 saturated carbocycles. The Bertz CT molecular complexity index is 741. The van der Waals surface area contributed by atoms with Crippen LogP contribution in [0.3, 0.4) is 0 Å². The Labute approximate surface area is 114 Å². The molecule has 0 N–H and O–H groups in total. The van der Waals surface area contributed by atoms with Crippen LogP contribution in [-0.2, 0) is 0 Å². The number of rotatable bonds is 3. The SMILES string of the molecule is Cc1nnnn1-c1ccccc1Oc1ccccc1F. The summed E-state index contributed by atoms with van der Waals surface area (Å²) < 4.78 is 20.8. The number of nitrogens with zero attached hydrogens (tertiary/aromatic N) is 4. The monoisotopic (exact) mass is 270 g/mol. The van der Waals surface area contributed by atoms with Crippen LogP contribution in [0, 0.1) is 12.7 Å². The number of ether oxygens (including phenoxy) is 1. The molecule has 0 spiro atoms. The van der Waals surface area contributed by atoms with Gasteiger partial charge in [-0.1, -0.05) is 24.3 Å². The van der Waals surface area contributed by atoms with Crippen LogP contribution in [0.2, 0.25) is 0 Å². The van der Waals surface area contributed by atoms with Crippen molar-refractivity contribution in [3.8, 4) is 17.2 Å². The average Bonchev–Trinajstić information content (AvgIpc) is 2.88. The lowest BCUT2D eigenvalue weighted by Gasteiger charge is -2.11. The molecule has 0 unspecified atom stereocenters. The minimum atomic E-state index is -0.421. The molecular weight excluding hydrogens is 259 g/mol. The first-order chi connectivity index (χ1) is 9.75. The quantitative estimate of drug-likeness (QED) is 0.734. The molecule has 3 aromatic rings. The maximum Gasteiger partial charge on any atom is 0.165 e. The Morgan fingerprint density at radius 2 is 1.70 bits per heavy atom. The van der Waals surface area contributed by atoms with Gasteiger partial charge in [0, 0.05) is 0 Å². The maximum atomic E-state index is 13.7. The maximum absolute atomic E-state index is 13.7. The van der Waals surface area contributed by atoms with Gasteiger partial charge in [0.25, 0.3) is 0 Å². The predicted molar refractivity (Wildman–Crippen MR) is 70.4 cm³/mol. The summed E-state index contributed by atoms with van der Waals surface area (Å²) in [6.07, 6.45) is 0. The first kappa shape index (κ1) is 12.3. The number of hydrogen-bond donors (Lipinski definition) is 0. The van der Waals surface area contributed by atoms with E-state index in [-0.39, 0.29) is 5.75 Å². The van der Waals surface area contributed by atoms with Gasteiger partial charge < -0.3 is 4.74 Å². The van der Waals surface area contributed by atoms with Gasteiger partial charge >= 0.3 is 0 Å². The molecule has 0 bridgehead atoms. The van der Waals surface area contributed by atoms with E-state index in [9.17, 15) is 4.39 Å². The number of para-hydroxylation sites is 3. The Balaban J connectivity index is 2.03. The van der Waals surface area contributed by atoms with Crippen molar-refractivity contribution in [2.75, 3.05) is 0 Å². The molecule has 0 aliphatic carbocycles. The van der Waals surface area contributed by atoms with Crippen molar-refractivity contribution in [3.63, 3.8) is 0 Å². The molecule has 6 heteroatoms. The predicted octanol–water partition coefficient (Wildman–Crippen LogP) is 2.90. The van der Waals surface area contributed by atoms with Gasteiger partial charge in [-0.2, -0.15) is 4.68 Å². The number of tetrazole rings is 1. The van der Waals surface area contributed by atoms with Gasteiger partial charge in [0.1, 0.15) is 5.69 Å². The van der Waals surface area contributed by atoms with E-state index in [1.165, 1.54) is 10.7 Å². The normalized spacial score (nSPS) is 10.5. The fourth-order valence-electron chi connectivity index (χ4n) is 1.82. The molecule has 1 aromatic heterocycles. The van der Waals surface area contributed by atoms with E-state index in [1.807, 2.05) is 6.07 Å². The lowest BCUT2D eigenvalue weighted by Crippen LogP contribution is -2.02. The van der Waals surface area contributed by atoms with Gasteiger partial charge in [0.2, 0.25) is 0 Å². The second kappa shape index (κ2) is 5.08. The van der Waals surface area contributed by atoms with Crippen molar-refractivity contribution in [2.45, 2.75) is 6.92 Å². The van der Waals surface area contributed by atoms with Gasteiger partial charge in [-0.05, 0) is 41.6 Å². The number of aryl methyl sites for hydroxylation is 1. The van der Waals surface area contributed by atoms with E-state index in [0.717, 1.165) is 0 Å². The van der Waals surface area contributed by atoms with Crippen molar-refractivity contribution in [3.05, 3.63) is 60.2 Å². The van der Waals surface area contributed by atoms with Crippen molar-refractivity contribution in [1.82, 2.24) is 20.2 Å². The highest BCUT2D eigenvalue weighted by atomic mass is 19.1. The van der Waals surface area contributed by atoms with Crippen LogP contribution in [0.4, 0.5) is 4.39 Å². The Morgan fingerprint density at radius 1 is 1.00 bits per heavy atom. The standard InChI is InChI=1S/C14H11FN4O/c1-10-16-17-18-19(10)12-7-3-5-9-14(12)20-13-8-4-2-6-11(13)15/h2-9H,1H3. The average molecular weight is 270 g/mol. The molecule has 1 heterocycles. The summed E-state index contributed by atoms with van der Waals surface area (Å²) in [6, 6.07) is 13.4. The lowest BCUT2D eigenvalue weighted by atomic mass is 10.3. The minimum absolute atomic E-state index is 0.158. The number of halogens is 1. The topological polar surface area (TPSA) is 52.8 Å². The molecule has 20 heavy (non-hydrogen) atoms. The van der Waals surface area contributed by atoms with E-state index in [4.69, 9.17) is 4.74 Å². The highest BCUT2D eigenvalue weighted by Crippen LogP contribution is 2.29. The summed E-state index contributed by atoms with van der Waals surface area (Å²) in [5, 5.41) is 11.3. The summed E-state index contributed by atoms with van der Waals surface area (Å²) in [4.78, 5) is 0.